The molecule has 0 radical (unpaired) electrons. The monoisotopic (exact) mass is 272 g/mol. The zero-order valence-corrected chi connectivity index (χ0v) is 11.9. The van der Waals surface area contributed by atoms with Crippen LogP contribution in [0.15, 0.2) is 0 Å². The molecule has 0 amide bonds. The Balaban J connectivity index is 2.13. The first-order valence-corrected chi connectivity index (χ1v) is 8.24. The molecular formula is C12H20N2OS2. The lowest BCUT2D eigenvalue weighted by molar-refractivity contribution is 0.284. The first kappa shape index (κ1) is 13.2. The molecule has 5 heteroatoms. The molecule has 1 aromatic heterocycles. The van der Waals surface area contributed by atoms with E-state index in [-0.39, 0.29) is 6.61 Å². The van der Waals surface area contributed by atoms with Gasteiger partial charge in [0.2, 0.25) is 0 Å². The van der Waals surface area contributed by atoms with Gasteiger partial charge in [0.1, 0.15) is 0 Å². The third-order valence-corrected chi connectivity index (χ3v) is 5.08. The van der Waals surface area contributed by atoms with E-state index in [4.69, 9.17) is 4.98 Å². The van der Waals surface area contributed by atoms with E-state index >= 15 is 0 Å². The van der Waals surface area contributed by atoms with Gasteiger partial charge in [-0.2, -0.15) is 11.8 Å². The molecule has 1 fully saturated rings. The van der Waals surface area contributed by atoms with Crippen LogP contribution in [-0.2, 0) is 13.0 Å². The van der Waals surface area contributed by atoms with Crippen molar-refractivity contribution in [1.29, 1.82) is 0 Å². The van der Waals surface area contributed by atoms with Gasteiger partial charge in [-0.15, -0.1) is 0 Å². The SMILES string of the molecule is CCCc1nc(N2CCCSCC2)sc1CO. The standard InChI is InChI=1S/C12H20N2OS2/c1-2-4-10-11(9-15)17-12(13-10)14-5-3-7-16-8-6-14/h15H,2-9H2,1H3. The normalized spacial score (nSPS) is 17.2. The lowest BCUT2D eigenvalue weighted by Crippen LogP contribution is -2.25. The van der Waals surface area contributed by atoms with E-state index in [1.54, 1.807) is 11.3 Å². The largest absolute Gasteiger partial charge is 0.391 e. The second-order valence-corrected chi connectivity index (χ2v) is 6.51. The van der Waals surface area contributed by atoms with Gasteiger partial charge in [0.15, 0.2) is 5.13 Å². The first-order chi connectivity index (χ1) is 8.35. The zero-order valence-electron chi connectivity index (χ0n) is 10.3. The Labute approximate surface area is 111 Å². The van der Waals surface area contributed by atoms with Gasteiger partial charge in [-0.3, -0.25) is 0 Å². The number of anilines is 1. The van der Waals surface area contributed by atoms with Crippen LogP contribution in [0, 0.1) is 0 Å². The summed E-state index contributed by atoms with van der Waals surface area (Å²) in [5, 5.41) is 10.5. The molecule has 1 aromatic rings. The Hall–Kier alpha value is -0.260. The molecule has 3 nitrogen and oxygen atoms in total. The Morgan fingerprint density at radius 2 is 2.24 bits per heavy atom. The second kappa shape index (κ2) is 6.61. The highest BCUT2D eigenvalue weighted by Crippen LogP contribution is 2.28. The number of nitrogens with zero attached hydrogens (tertiary/aromatic N) is 2. The lowest BCUT2D eigenvalue weighted by atomic mass is 10.2. The predicted octanol–water partition coefficient (Wildman–Crippen LogP) is 2.53. The molecule has 0 aromatic carbocycles. The summed E-state index contributed by atoms with van der Waals surface area (Å²) in [5.41, 5.74) is 1.10. The molecule has 0 bridgehead atoms. The minimum absolute atomic E-state index is 0.135. The molecule has 0 saturated carbocycles. The van der Waals surface area contributed by atoms with Gasteiger partial charge in [0.25, 0.3) is 0 Å². The summed E-state index contributed by atoms with van der Waals surface area (Å²) in [5.74, 6) is 2.45. The Bertz CT molecular complexity index is 346. The maximum atomic E-state index is 9.36. The van der Waals surface area contributed by atoms with E-state index in [9.17, 15) is 5.11 Å². The van der Waals surface area contributed by atoms with Crippen molar-refractivity contribution in [2.24, 2.45) is 0 Å². The summed E-state index contributed by atoms with van der Waals surface area (Å²) in [4.78, 5) is 8.14. The predicted molar refractivity (Wildman–Crippen MR) is 76.2 cm³/mol. The highest BCUT2D eigenvalue weighted by atomic mass is 32.2. The molecule has 1 aliphatic rings. The quantitative estimate of drug-likeness (QED) is 0.914. The highest BCUT2D eigenvalue weighted by molar-refractivity contribution is 7.99. The fourth-order valence-electron chi connectivity index (χ4n) is 2.00. The fourth-order valence-corrected chi connectivity index (χ4v) is 3.90. The van der Waals surface area contributed by atoms with Gasteiger partial charge in [0.05, 0.1) is 17.2 Å². The van der Waals surface area contributed by atoms with Crippen LogP contribution in [0.4, 0.5) is 5.13 Å². The van der Waals surface area contributed by atoms with Crippen molar-refractivity contribution >= 4 is 28.2 Å². The maximum Gasteiger partial charge on any atom is 0.185 e. The Morgan fingerprint density at radius 3 is 3.00 bits per heavy atom. The third-order valence-electron chi connectivity index (χ3n) is 2.89. The average molecular weight is 272 g/mol. The summed E-state index contributed by atoms with van der Waals surface area (Å²) < 4.78 is 0. The minimum Gasteiger partial charge on any atom is -0.391 e. The van der Waals surface area contributed by atoms with Crippen LogP contribution in [0.1, 0.15) is 30.3 Å². The summed E-state index contributed by atoms with van der Waals surface area (Å²) in [6.45, 7) is 4.49. The number of aliphatic hydroxyl groups is 1. The van der Waals surface area contributed by atoms with Crippen LogP contribution < -0.4 is 4.90 Å². The summed E-state index contributed by atoms with van der Waals surface area (Å²) in [6, 6.07) is 0. The van der Waals surface area contributed by atoms with Crippen LogP contribution in [0.25, 0.3) is 0 Å². The van der Waals surface area contributed by atoms with Crippen molar-refractivity contribution in [1.82, 2.24) is 4.98 Å². The topological polar surface area (TPSA) is 36.4 Å². The molecule has 0 atom stereocenters. The van der Waals surface area contributed by atoms with E-state index < -0.39 is 0 Å². The van der Waals surface area contributed by atoms with Gasteiger partial charge in [-0.25, -0.2) is 4.98 Å². The van der Waals surface area contributed by atoms with Crippen molar-refractivity contribution in [3.63, 3.8) is 0 Å². The molecule has 0 spiro atoms. The number of hydrogen-bond donors (Lipinski definition) is 1. The van der Waals surface area contributed by atoms with E-state index in [0.717, 1.165) is 41.6 Å². The van der Waals surface area contributed by atoms with Crippen molar-refractivity contribution in [2.45, 2.75) is 32.8 Å². The van der Waals surface area contributed by atoms with Crippen LogP contribution in [0.2, 0.25) is 0 Å². The van der Waals surface area contributed by atoms with Crippen LogP contribution in [0.5, 0.6) is 0 Å². The van der Waals surface area contributed by atoms with E-state index in [0.29, 0.717) is 0 Å². The van der Waals surface area contributed by atoms with Gasteiger partial charge >= 0.3 is 0 Å². The number of aromatic nitrogens is 1. The molecule has 1 aliphatic heterocycles. The van der Waals surface area contributed by atoms with Crippen LogP contribution in [0.3, 0.4) is 0 Å². The molecule has 0 aliphatic carbocycles. The van der Waals surface area contributed by atoms with Crippen molar-refractivity contribution in [3.05, 3.63) is 10.6 Å². The molecule has 0 unspecified atom stereocenters. The van der Waals surface area contributed by atoms with Gasteiger partial charge in [-0.1, -0.05) is 24.7 Å². The molecule has 1 saturated heterocycles. The summed E-state index contributed by atoms with van der Waals surface area (Å²) in [7, 11) is 0. The molecule has 96 valence electrons. The number of thioether (sulfide) groups is 1. The fraction of sp³-hybridized carbons (Fsp3) is 0.750. The summed E-state index contributed by atoms with van der Waals surface area (Å²) >= 11 is 3.70. The highest BCUT2D eigenvalue weighted by Gasteiger charge is 2.16. The molecular weight excluding hydrogens is 252 g/mol. The molecule has 17 heavy (non-hydrogen) atoms. The average Bonchev–Trinajstić information content (AvgIpc) is 2.58. The van der Waals surface area contributed by atoms with Crippen molar-refractivity contribution in [2.75, 3.05) is 29.5 Å². The van der Waals surface area contributed by atoms with Crippen LogP contribution in [-0.4, -0.2) is 34.7 Å². The summed E-state index contributed by atoms with van der Waals surface area (Å²) in [6.07, 6.45) is 3.31. The first-order valence-electron chi connectivity index (χ1n) is 6.27. The minimum atomic E-state index is 0.135. The number of aryl methyl sites for hydroxylation is 1. The van der Waals surface area contributed by atoms with Crippen molar-refractivity contribution in [3.8, 4) is 0 Å². The van der Waals surface area contributed by atoms with E-state index in [2.05, 4.69) is 11.8 Å². The van der Waals surface area contributed by atoms with Gasteiger partial charge in [-0.05, 0) is 18.6 Å². The Morgan fingerprint density at radius 1 is 1.35 bits per heavy atom. The zero-order chi connectivity index (χ0) is 12.1. The van der Waals surface area contributed by atoms with Crippen molar-refractivity contribution < 1.29 is 5.11 Å². The number of rotatable bonds is 4. The number of hydrogen-bond acceptors (Lipinski definition) is 5. The third kappa shape index (κ3) is 3.36. The maximum absolute atomic E-state index is 9.36. The van der Waals surface area contributed by atoms with Gasteiger partial charge < -0.3 is 10.0 Å². The van der Waals surface area contributed by atoms with Gasteiger partial charge in [0, 0.05) is 18.8 Å². The van der Waals surface area contributed by atoms with Crippen LogP contribution >= 0.6 is 23.1 Å². The second-order valence-electron chi connectivity index (χ2n) is 4.23. The molecule has 2 rings (SSSR count). The molecule has 1 N–H and O–H groups in total. The van der Waals surface area contributed by atoms with E-state index in [1.807, 2.05) is 11.8 Å². The molecule has 2 heterocycles. The smallest absolute Gasteiger partial charge is 0.185 e. The number of thiazole rings is 1. The van der Waals surface area contributed by atoms with E-state index in [1.165, 1.54) is 17.9 Å². The Kier molecular flexibility index (Phi) is 5.13. The lowest BCUT2D eigenvalue weighted by Gasteiger charge is -2.18. The number of aliphatic hydroxyl groups excluding tert-OH is 1.